The summed E-state index contributed by atoms with van der Waals surface area (Å²) in [5.41, 5.74) is 4.51. The highest BCUT2D eigenvalue weighted by molar-refractivity contribution is 5.90. The summed E-state index contributed by atoms with van der Waals surface area (Å²) in [5.74, 6) is 0. The minimum Gasteiger partial charge on any atom is -0.450 e. The summed E-state index contributed by atoms with van der Waals surface area (Å²) in [6.45, 7) is 4.30. The summed E-state index contributed by atoms with van der Waals surface area (Å²) in [6.07, 6.45) is 5.94. The fraction of sp³-hybridized carbons (Fsp3) is 0.312. The summed E-state index contributed by atoms with van der Waals surface area (Å²) >= 11 is 0. The molecule has 1 aliphatic rings. The van der Waals surface area contributed by atoms with Crippen LogP contribution in [-0.4, -0.2) is 12.7 Å². The zero-order valence-electron chi connectivity index (χ0n) is 11.4. The second-order valence-electron chi connectivity index (χ2n) is 4.58. The predicted octanol–water partition coefficient (Wildman–Crippen LogP) is 4.38. The average Bonchev–Trinajstić information content (AvgIpc) is 2.41. The lowest BCUT2D eigenvalue weighted by Crippen LogP contribution is -2.14. The first kappa shape index (κ1) is 13.4. The van der Waals surface area contributed by atoms with Gasteiger partial charge in [0.25, 0.3) is 0 Å². The van der Waals surface area contributed by atoms with Crippen LogP contribution >= 0.6 is 0 Å². The smallest absolute Gasteiger partial charge is 0.411 e. The molecule has 0 unspecified atom stereocenters. The molecule has 0 aromatic heterocycles. The highest BCUT2D eigenvalue weighted by atomic mass is 16.5. The molecule has 3 heteroatoms. The van der Waals surface area contributed by atoms with Crippen LogP contribution in [0, 0.1) is 0 Å². The fourth-order valence-corrected chi connectivity index (χ4v) is 2.10. The van der Waals surface area contributed by atoms with Gasteiger partial charge in [0.1, 0.15) is 0 Å². The number of hydrogen-bond acceptors (Lipinski definition) is 2. The first-order chi connectivity index (χ1) is 9.20. The molecular weight excluding hydrogens is 238 g/mol. The normalized spacial score (nSPS) is 14.4. The molecule has 0 atom stereocenters. The minimum atomic E-state index is -0.405. The van der Waals surface area contributed by atoms with Gasteiger partial charge in [-0.1, -0.05) is 35.9 Å². The number of ether oxygens (including phenoxy) is 1. The first-order valence-electron chi connectivity index (χ1n) is 6.58. The van der Waals surface area contributed by atoms with Crippen molar-refractivity contribution in [2.75, 3.05) is 11.9 Å². The van der Waals surface area contributed by atoms with Crippen molar-refractivity contribution in [3.8, 4) is 0 Å². The van der Waals surface area contributed by atoms with Gasteiger partial charge in [-0.3, -0.25) is 5.32 Å². The second kappa shape index (κ2) is 6.23. The molecule has 0 radical (unpaired) electrons. The molecule has 1 aliphatic carbocycles. The molecule has 3 nitrogen and oxygen atoms in total. The van der Waals surface area contributed by atoms with Crippen molar-refractivity contribution in [2.45, 2.75) is 26.7 Å². The Kier molecular flexibility index (Phi) is 4.39. The third kappa shape index (κ3) is 3.47. The molecule has 0 aliphatic heterocycles. The van der Waals surface area contributed by atoms with E-state index in [-0.39, 0.29) is 0 Å². The number of carbonyl (C=O) groups is 1. The van der Waals surface area contributed by atoms with Gasteiger partial charge in [0, 0.05) is 5.56 Å². The van der Waals surface area contributed by atoms with E-state index in [1.54, 1.807) is 6.92 Å². The van der Waals surface area contributed by atoms with Gasteiger partial charge < -0.3 is 4.74 Å². The molecule has 0 saturated heterocycles. The average molecular weight is 257 g/mol. The Morgan fingerprint density at radius 2 is 2.05 bits per heavy atom. The van der Waals surface area contributed by atoms with Gasteiger partial charge >= 0.3 is 6.09 Å². The summed E-state index contributed by atoms with van der Waals surface area (Å²) < 4.78 is 4.92. The first-order valence-corrected chi connectivity index (χ1v) is 6.58. The van der Waals surface area contributed by atoms with Crippen molar-refractivity contribution < 1.29 is 9.53 Å². The standard InChI is InChI=1S/C16H19NO2/c1-3-19-16(18)17-15-7-5-4-6-14(15)13-10-8-12(2)9-11-13/h4-8,11H,3,9-10H2,1-2H3,(H,17,18). The number of allylic oxidation sites excluding steroid dienone is 4. The van der Waals surface area contributed by atoms with Crippen LogP contribution in [-0.2, 0) is 4.74 Å². The minimum absolute atomic E-state index is 0.374. The zero-order chi connectivity index (χ0) is 13.7. The molecule has 0 heterocycles. The van der Waals surface area contributed by atoms with Crippen molar-refractivity contribution in [3.05, 3.63) is 47.6 Å². The topological polar surface area (TPSA) is 38.3 Å². The van der Waals surface area contributed by atoms with Crippen molar-refractivity contribution >= 4 is 17.4 Å². The number of nitrogens with one attached hydrogen (secondary N) is 1. The van der Waals surface area contributed by atoms with Crippen LogP contribution in [0.2, 0.25) is 0 Å². The summed E-state index contributed by atoms with van der Waals surface area (Å²) in [6, 6.07) is 7.83. The maximum atomic E-state index is 11.5. The maximum absolute atomic E-state index is 11.5. The van der Waals surface area contributed by atoms with Gasteiger partial charge in [-0.15, -0.1) is 0 Å². The molecule has 19 heavy (non-hydrogen) atoms. The predicted molar refractivity (Wildman–Crippen MR) is 78.1 cm³/mol. The van der Waals surface area contributed by atoms with Gasteiger partial charge in [-0.25, -0.2) is 4.79 Å². The Morgan fingerprint density at radius 1 is 1.26 bits per heavy atom. The third-order valence-corrected chi connectivity index (χ3v) is 3.13. The van der Waals surface area contributed by atoms with Crippen LogP contribution < -0.4 is 5.32 Å². The molecule has 0 saturated carbocycles. The summed E-state index contributed by atoms with van der Waals surface area (Å²) in [7, 11) is 0. The lowest BCUT2D eigenvalue weighted by molar-refractivity contribution is 0.168. The molecular formula is C16H19NO2. The van der Waals surface area contributed by atoms with Crippen LogP contribution in [0.15, 0.2) is 42.0 Å². The summed E-state index contributed by atoms with van der Waals surface area (Å²) in [5, 5.41) is 2.80. The molecule has 1 amide bonds. The third-order valence-electron chi connectivity index (χ3n) is 3.13. The fourth-order valence-electron chi connectivity index (χ4n) is 2.10. The van der Waals surface area contributed by atoms with Crippen LogP contribution in [0.4, 0.5) is 10.5 Å². The van der Waals surface area contributed by atoms with E-state index in [9.17, 15) is 4.79 Å². The number of anilines is 1. The van der Waals surface area contributed by atoms with Gasteiger partial charge in [-0.05, 0) is 38.3 Å². The van der Waals surface area contributed by atoms with Crippen molar-refractivity contribution in [3.63, 3.8) is 0 Å². The zero-order valence-corrected chi connectivity index (χ0v) is 11.4. The Bertz CT molecular complexity index is 529. The Balaban J connectivity index is 2.19. The van der Waals surface area contributed by atoms with Gasteiger partial charge in [0.15, 0.2) is 0 Å². The molecule has 1 aromatic rings. The van der Waals surface area contributed by atoms with Crippen LogP contribution in [0.25, 0.3) is 5.57 Å². The van der Waals surface area contributed by atoms with E-state index in [0.29, 0.717) is 6.61 Å². The van der Waals surface area contributed by atoms with E-state index in [0.717, 1.165) is 24.1 Å². The number of amides is 1. The van der Waals surface area contributed by atoms with E-state index >= 15 is 0 Å². The molecule has 0 fully saturated rings. The quantitative estimate of drug-likeness (QED) is 0.816. The summed E-state index contributed by atoms with van der Waals surface area (Å²) in [4.78, 5) is 11.5. The van der Waals surface area contributed by atoms with Gasteiger partial charge in [0.05, 0.1) is 12.3 Å². The van der Waals surface area contributed by atoms with Gasteiger partial charge in [0.2, 0.25) is 0 Å². The van der Waals surface area contributed by atoms with Crippen LogP contribution in [0.3, 0.4) is 0 Å². The van der Waals surface area contributed by atoms with E-state index < -0.39 is 6.09 Å². The molecule has 0 bridgehead atoms. The largest absolute Gasteiger partial charge is 0.450 e. The van der Waals surface area contributed by atoms with E-state index in [2.05, 4.69) is 24.4 Å². The Morgan fingerprint density at radius 3 is 2.74 bits per heavy atom. The maximum Gasteiger partial charge on any atom is 0.411 e. The van der Waals surface area contributed by atoms with E-state index in [1.165, 1.54) is 11.1 Å². The van der Waals surface area contributed by atoms with E-state index in [1.807, 2.05) is 24.3 Å². The monoisotopic (exact) mass is 257 g/mol. The molecule has 2 rings (SSSR count). The van der Waals surface area contributed by atoms with Crippen molar-refractivity contribution in [1.82, 2.24) is 0 Å². The highest BCUT2D eigenvalue weighted by Crippen LogP contribution is 2.30. The van der Waals surface area contributed by atoms with Gasteiger partial charge in [-0.2, -0.15) is 0 Å². The number of carbonyl (C=O) groups excluding carboxylic acids is 1. The molecule has 0 spiro atoms. The SMILES string of the molecule is CCOC(=O)Nc1ccccc1C1=CCC(C)=CC1. The Hall–Kier alpha value is -2.03. The number of rotatable bonds is 3. The number of benzene rings is 1. The molecule has 1 aromatic carbocycles. The van der Waals surface area contributed by atoms with E-state index in [4.69, 9.17) is 4.74 Å². The van der Waals surface area contributed by atoms with Crippen molar-refractivity contribution in [2.24, 2.45) is 0 Å². The molecule has 1 N–H and O–H groups in total. The van der Waals surface area contributed by atoms with Crippen LogP contribution in [0.5, 0.6) is 0 Å². The lowest BCUT2D eigenvalue weighted by atomic mass is 9.94. The second-order valence-corrected chi connectivity index (χ2v) is 4.58. The molecule has 100 valence electrons. The number of hydrogen-bond donors (Lipinski definition) is 1. The van der Waals surface area contributed by atoms with Crippen molar-refractivity contribution in [1.29, 1.82) is 0 Å². The highest BCUT2D eigenvalue weighted by Gasteiger charge is 2.11. The lowest BCUT2D eigenvalue weighted by Gasteiger charge is -2.16. The Labute approximate surface area is 114 Å². The van der Waals surface area contributed by atoms with Crippen LogP contribution in [0.1, 0.15) is 32.3 Å². The number of para-hydroxylation sites is 1.